The Balaban J connectivity index is 1.93. The van der Waals surface area contributed by atoms with Crippen LogP contribution in [-0.2, 0) is 22.6 Å². The Morgan fingerprint density at radius 2 is 1.82 bits per heavy atom. The zero-order valence-electron chi connectivity index (χ0n) is 16.0. The summed E-state index contributed by atoms with van der Waals surface area (Å²) >= 11 is 0. The van der Waals surface area contributed by atoms with Crippen molar-refractivity contribution in [2.24, 2.45) is 0 Å². The summed E-state index contributed by atoms with van der Waals surface area (Å²) in [5.41, 5.74) is 1.87. The zero-order valence-corrected chi connectivity index (χ0v) is 16.0. The lowest BCUT2D eigenvalue weighted by molar-refractivity contribution is -0.385. The van der Waals surface area contributed by atoms with Crippen molar-refractivity contribution in [1.82, 2.24) is 10.2 Å². The van der Waals surface area contributed by atoms with E-state index in [1.807, 2.05) is 0 Å². The first-order chi connectivity index (χ1) is 13.3. The van der Waals surface area contributed by atoms with Crippen LogP contribution >= 0.6 is 0 Å². The summed E-state index contributed by atoms with van der Waals surface area (Å²) in [4.78, 5) is 36.3. The van der Waals surface area contributed by atoms with Crippen molar-refractivity contribution in [1.29, 1.82) is 0 Å². The van der Waals surface area contributed by atoms with Crippen molar-refractivity contribution in [2.45, 2.75) is 26.1 Å². The minimum atomic E-state index is -0.478. The van der Waals surface area contributed by atoms with Crippen LogP contribution in [0, 0.1) is 10.1 Å². The predicted molar refractivity (Wildman–Crippen MR) is 104 cm³/mol. The van der Waals surface area contributed by atoms with Crippen molar-refractivity contribution in [2.75, 3.05) is 14.2 Å². The van der Waals surface area contributed by atoms with Gasteiger partial charge in [-0.1, -0.05) is 30.3 Å². The smallest absolute Gasteiger partial charge is 0.337 e. The largest absolute Gasteiger partial charge is 0.465 e. The normalized spacial score (nSPS) is 11.7. The molecule has 28 heavy (non-hydrogen) atoms. The van der Waals surface area contributed by atoms with Gasteiger partial charge >= 0.3 is 5.97 Å². The van der Waals surface area contributed by atoms with E-state index in [-0.39, 0.29) is 18.1 Å². The first kappa shape index (κ1) is 21.0. The van der Waals surface area contributed by atoms with Crippen molar-refractivity contribution in [3.05, 3.63) is 75.3 Å². The number of nitrogens with zero attached hydrogens (tertiary/aromatic N) is 2. The number of hydrogen-bond donors (Lipinski definition) is 1. The lowest BCUT2D eigenvalue weighted by Crippen LogP contribution is -2.42. The number of benzene rings is 2. The van der Waals surface area contributed by atoms with Gasteiger partial charge in [0.25, 0.3) is 5.69 Å². The van der Waals surface area contributed by atoms with Crippen molar-refractivity contribution in [3.63, 3.8) is 0 Å². The van der Waals surface area contributed by atoms with E-state index in [2.05, 4.69) is 10.1 Å². The van der Waals surface area contributed by atoms with Gasteiger partial charge < -0.3 is 10.1 Å². The highest BCUT2D eigenvalue weighted by atomic mass is 16.6. The molecule has 1 amide bonds. The molecular formula is C20H23N3O5. The van der Waals surface area contributed by atoms with Gasteiger partial charge in [0.1, 0.15) is 0 Å². The van der Waals surface area contributed by atoms with E-state index in [0.29, 0.717) is 17.7 Å². The van der Waals surface area contributed by atoms with E-state index < -0.39 is 16.9 Å². The van der Waals surface area contributed by atoms with E-state index in [1.54, 1.807) is 61.3 Å². The Morgan fingerprint density at radius 1 is 1.18 bits per heavy atom. The van der Waals surface area contributed by atoms with Gasteiger partial charge in [0.15, 0.2) is 0 Å². The molecule has 2 aromatic rings. The number of rotatable bonds is 8. The zero-order chi connectivity index (χ0) is 20.7. The maximum Gasteiger partial charge on any atom is 0.337 e. The number of nitrogens with one attached hydrogen (secondary N) is 1. The molecule has 0 aromatic heterocycles. The standard InChI is InChI=1S/C20H23N3O5/c1-14(22(2)13-17-6-4-5-7-18(17)23(26)27)19(24)21-12-15-8-10-16(11-9-15)20(25)28-3/h4-11,14H,12-13H2,1-3H3,(H,21,24). The summed E-state index contributed by atoms with van der Waals surface area (Å²) in [5, 5.41) is 14.0. The molecule has 0 aliphatic carbocycles. The fourth-order valence-corrected chi connectivity index (χ4v) is 2.64. The number of nitro groups is 1. The topological polar surface area (TPSA) is 102 Å². The fourth-order valence-electron chi connectivity index (χ4n) is 2.64. The Kier molecular flexibility index (Phi) is 7.22. The molecule has 0 aliphatic heterocycles. The van der Waals surface area contributed by atoms with E-state index in [0.717, 1.165) is 5.56 Å². The molecule has 8 heteroatoms. The van der Waals surface area contributed by atoms with Gasteiger partial charge in [0.05, 0.1) is 23.6 Å². The fraction of sp³-hybridized carbons (Fsp3) is 0.300. The van der Waals surface area contributed by atoms with Gasteiger partial charge in [0, 0.05) is 24.7 Å². The van der Waals surface area contributed by atoms with Crippen molar-refractivity contribution >= 4 is 17.6 Å². The van der Waals surface area contributed by atoms with Crippen LogP contribution in [0.1, 0.15) is 28.4 Å². The predicted octanol–water partition coefficient (Wildman–Crippen LogP) is 2.52. The lowest BCUT2D eigenvalue weighted by Gasteiger charge is -2.23. The molecular weight excluding hydrogens is 362 g/mol. The van der Waals surface area contributed by atoms with Crippen LogP contribution < -0.4 is 5.32 Å². The van der Waals surface area contributed by atoms with Crippen LogP contribution in [-0.4, -0.2) is 41.9 Å². The third-order valence-electron chi connectivity index (χ3n) is 4.49. The summed E-state index contributed by atoms with van der Waals surface area (Å²) in [5.74, 6) is -0.612. The van der Waals surface area contributed by atoms with Crippen molar-refractivity contribution in [3.8, 4) is 0 Å². The number of methoxy groups -OCH3 is 1. The number of nitro benzene ring substituents is 1. The molecule has 0 spiro atoms. The van der Waals surface area contributed by atoms with Crippen LogP contribution in [0.15, 0.2) is 48.5 Å². The molecule has 0 heterocycles. The highest BCUT2D eigenvalue weighted by Crippen LogP contribution is 2.19. The van der Waals surface area contributed by atoms with Crippen LogP contribution in [0.4, 0.5) is 5.69 Å². The highest BCUT2D eigenvalue weighted by molar-refractivity contribution is 5.89. The lowest BCUT2D eigenvalue weighted by atomic mass is 10.1. The monoisotopic (exact) mass is 385 g/mol. The Bertz CT molecular complexity index is 851. The summed E-state index contributed by atoms with van der Waals surface area (Å²) < 4.78 is 4.65. The van der Waals surface area contributed by atoms with Gasteiger partial charge in [-0.15, -0.1) is 0 Å². The van der Waals surface area contributed by atoms with E-state index in [4.69, 9.17) is 0 Å². The Labute approximate surface area is 163 Å². The van der Waals surface area contributed by atoms with Crippen LogP contribution in [0.5, 0.6) is 0 Å². The molecule has 0 bridgehead atoms. The molecule has 8 nitrogen and oxygen atoms in total. The van der Waals surface area contributed by atoms with E-state index in [1.165, 1.54) is 13.2 Å². The molecule has 2 rings (SSSR count). The first-order valence-electron chi connectivity index (χ1n) is 8.71. The van der Waals surface area contributed by atoms with Gasteiger partial charge in [-0.3, -0.25) is 19.8 Å². The van der Waals surface area contributed by atoms with Gasteiger partial charge in [-0.05, 0) is 31.7 Å². The molecule has 0 saturated carbocycles. The summed E-state index contributed by atoms with van der Waals surface area (Å²) in [7, 11) is 3.06. The Hall–Kier alpha value is -3.26. The Morgan fingerprint density at radius 3 is 2.43 bits per heavy atom. The molecule has 0 aliphatic rings. The quantitative estimate of drug-likeness (QED) is 0.426. The van der Waals surface area contributed by atoms with Crippen LogP contribution in [0.2, 0.25) is 0 Å². The first-order valence-corrected chi connectivity index (χ1v) is 8.71. The number of carbonyl (C=O) groups is 2. The number of ether oxygens (including phenoxy) is 1. The average Bonchev–Trinajstić information content (AvgIpc) is 2.71. The second-order valence-electron chi connectivity index (χ2n) is 6.38. The molecule has 0 fully saturated rings. The maximum absolute atomic E-state index is 12.4. The minimum absolute atomic E-state index is 0.0349. The average molecular weight is 385 g/mol. The maximum atomic E-state index is 12.4. The summed E-state index contributed by atoms with van der Waals surface area (Å²) in [6, 6.07) is 12.8. The minimum Gasteiger partial charge on any atom is -0.465 e. The second kappa shape index (κ2) is 9.61. The molecule has 1 N–H and O–H groups in total. The molecule has 1 atom stereocenters. The van der Waals surface area contributed by atoms with Gasteiger partial charge in [-0.2, -0.15) is 0 Å². The number of carbonyl (C=O) groups excluding carboxylic acids is 2. The number of hydrogen-bond acceptors (Lipinski definition) is 6. The highest BCUT2D eigenvalue weighted by Gasteiger charge is 2.21. The van der Waals surface area contributed by atoms with E-state index >= 15 is 0 Å². The summed E-state index contributed by atoms with van der Waals surface area (Å²) in [6.45, 7) is 2.33. The molecule has 148 valence electrons. The second-order valence-corrected chi connectivity index (χ2v) is 6.38. The molecule has 0 radical (unpaired) electrons. The van der Waals surface area contributed by atoms with Crippen molar-refractivity contribution < 1.29 is 19.2 Å². The summed E-state index contributed by atoms with van der Waals surface area (Å²) in [6.07, 6.45) is 0. The van der Waals surface area contributed by atoms with Crippen LogP contribution in [0.25, 0.3) is 0 Å². The molecule has 0 saturated heterocycles. The van der Waals surface area contributed by atoms with Gasteiger partial charge in [-0.25, -0.2) is 4.79 Å². The van der Waals surface area contributed by atoms with Gasteiger partial charge in [0.2, 0.25) is 5.91 Å². The third-order valence-corrected chi connectivity index (χ3v) is 4.49. The molecule has 1 unspecified atom stereocenters. The van der Waals surface area contributed by atoms with E-state index in [9.17, 15) is 19.7 Å². The number of esters is 1. The number of amides is 1. The third kappa shape index (κ3) is 5.37. The number of para-hydroxylation sites is 1. The SMILES string of the molecule is COC(=O)c1ccc(CNC(=O)C(C)N(C)Cc2ccccc2[N+](=O)[O-])cc1. The van der Waals surface area contributed by atoms with Crippen LogP contribution in [0.3, 0.4) is 0 Å². The number of likely N-dealkylation sites (N-methyl/N-ethyl adjacent to an activating group) is 1. The molecule has 2 aromatic carbocycles.